The summed E-state index contributed by atoms with van der Waals surface area (Å²) in [6.45, 7) is 0.552. The summed E-state index contributed by atoms with van der Waals surface area (Å²) in [4.78, 5) is 13.0. The fraction of sp³-hybridized carbons (Fsp3) is 0.368. The minimum absolute atomic E-state index is 0.0994. The van der Waals surface area contributed by atoms with E-state index in [0.717, 1.165) is 32.0 Å². The normalized spacial score (nSPS) is 15.1. The van der Waals surface area contributed by atoms with Crippen molar-refractivity contribution in [1.29, 1.82) is 0 Å². The molecule has 0 aliphatic carbocycles. The smallest absolute Gasteiger partial charge is 0.387 e. The van der Waals surface area contributed by atoms with Crippen LogP contribution in [0.4, 0.5) is 14.6 Å². The molecule has 2 aromatic rings. The van der Waals surface area contributed by atoms with Crippen molar-refractivity contribution < 1.29 is 13.5 Å². The number of rotatable bonds is 5. The first-order chi connectivity index (χ1) is 13.6. The van der Waals surface area contributed by atoms with Crippen LogP contribution in [-0.4, -0.2) is 55.7 Å². The molecule has 2 heterocycles. The zero-order valence-corrected chi connectivity index (χ0v) is 16.2. The summed E-state index contributed by atoms with van der Waals surface area (Å²) >= 11 is 6.00. The SMILES string of the molecule is CN=C(NCc1cc(Cl)ccc1OC(F)F)N1CCN(c2ccccn2)CC1. The van der Waals surface area contributed by atoms with Gasteiger partial charge in [-0.15, -0.1) is 0 Å². The third-order valence-corrected chi connectivity index (χ3v) is 4.67. The van der Waals surface area contributed by atoms with Crippen molar-refractivity contribution in [1.82, 2.24) is 15.2 Å². The van der Waals surface area contributed by atoms with Crippen molar-refractivity contribution >= 4 is 23.4 Å². The van der Waals surface area contributed by atoms with Crippen molar-refractivity contribution in [3.05, 3.63) is 53.2 Å². The number of nitrogens with one attached hydrogen (secondary N) is 1. The molecule has 150 valence electrons. The number of guanidine groups is 1. The van der Waals surface area contributed by atoms with Crippen LogP contribution in [0.25, 0.3) is 0 Å². The van der Waals surface area contributed by atoms with Gasteiger partial charge in [-0.3, -0.25) is 4.99 Å². The largest absolute Gasteiger partial charge is 0.434 e. The number of hydrogen-bond acceptors (Lipinski definition) is 4. The Morgan fingerprint density at radius 3 is 2.68 bits per heavy atom. The molecule has 0 bridgehead atoms. The van der Waals surface area contributed by atoms with E-state index in [9.17, 15) is 8.78 Å². The van der Waals surface area contributed by atoms with Gasteiger partial charge in [0.05, 0.1) is 0 Å². The molecule has 1 fully saturated rings. The molecule has 6 nitrogen and oxygen atoms in total. The van der Waals surface area contributed by atoms with Crippen molar-refractivity contribution in [2.75, 3.05) is 38.1 Å². The van der Waals surface area contributed by atoms with E-state index in [2.05, 4.69) is 29.8 Å². The number of halogens is 3. The number of aromatic nitrogens is 1. The van der Waals surface area contributed by atoms with Crippen LogP contribution in [0.15, 0.2) is 47.6 Å². The molecule has 1 N–H and O–H groups in total. The minimum atomic E-state index is -2.89. The molecule has 3 rings (SSSR count). The molecular formula is C19H22ClF2N5O. The Morgan fingerprint density at radius 2 is 2.04 bits per heavy atom. The van der Waals surface area contributed by atoms with Crippen LogP contribution in [0.2, 0.25) is 5.02 Å². The Hall–Kier alpha value is -2.61. The highest BCUT2D eigenvalue weighted by molar-refractivity contribution is 6.30. The number of pyridine rings is 1. The maximum Gasteiger partial charge on any atom is 0.387 e. The van der Waals surface area contributed by atoms with E-state index in [1.165, 1.54) is 12.1 Å². The predicted molar refractivity (Wildman–Crippen MR) is 106 cm³/mol. The van der Waals surface area contributed by atoms with Gasteiger partial charge in [0.15, 0.2) is 5.96 Å². The number of alkyl halides is 2. The lowest BCUT2D eigenvalue weighted by atomic mass is 10.2. The molecule has 0 radical (unpaired) electrons. The molecule has 1 aliphatic heterocycles. The minimum Gasteiger partial charge on any atom is -0.434 e. The highest BCUT2D eigenvalue weighted by Gasteiger charge is 2.20. The average Bonchev–Trinajstić information content (AvgIpc) is 2.71. The zero-order chi connectivity index (χ0) is 19.9. The summed E-state index contributed by atoms with van der Waals surface area (Å²) in [5.41, 5.74) is 0.543. The predicted octanol–water partition coefficient (Wildman–Crippen LogP) is 3.23. The van der Waals surface area contributed by atoms with Gasteiger partial charge in [0.2, 0.25) is 0 Å². The summed E-state index contributed by atoms with van der Waals surface area (Å²) in [5, 5.41) is 3.67. The first-order valence-corrected chi connectivity index (χ1v) is 9.29. The fourth-order valence-electron chi connectivity index (χ4n) is 3.09. The maximum atomic E-state index is 12.6. The third-order valence-electron chi connectivity index (χ3n) is 4.44. The van der Waals surface area contributed by atoms with Gasteiger partial charge in [-0.25, -0.2) is 4.98 Å². The lowest BCUT2D eigenvalue weighted by Gasteiger charge is -2.37. The second-order valence-corrected chi connectivity index (χ2v) is 6.63. The average molecular weight is 410 g/mol. The van der Waals surface area contributed by atoms with E-state index in [1.807, 2.05) is 18.2 Å². The standard InChI is InChI=1S/C19H22ClF2N5O/c1-23-19(25-13-14-12-15(20)5-6-16(14)28-18(21)22)27-10-8-26(9-11-27)17-4-2-3-7-24-17/h2-7,12,18H,8-11,13H2,1H3,(H,23,25). The molecule has 1 saturated heterocycles. The number of aliphatic imine (C=N–C) groups is 1. The van der Waals surface area contributed by atoms with E-state index in [-0.39, 0.29) is 12.3 Å². The van der Waals surface area contributed by atoms with Crippen LogP contribution >= 0.6 is 11.6 Å². The van der Waals surface area contributed by atoms with Crippen LogP contribution in [-0.2, 0) is 6.54 Å². The van der Waals surface area contributed by atoms with Gasteiger partial charge in [0.1, 0.15) is 11.6 Å². The number of piperazine rings is 1. The van der Waals surface area contributed by atoms with Crippen LogP contribution < -0.4 is 15.0 Å². The number of hydrogen-bond donors (Lipinski definition) is 1. The van der Waals surface area contributed by atoms with E-state index in [1.54, 1.807) is 19.3 Å². The van der Waals surface area contributed by atoms with Gasteiger partial charge in [-0.2, -0.15) is 8.78 Å². The zero-order valence-electron chi connectivity index (χ0n) is 15.5. The molecule has 0 saturated carbocycles. The Labute approximate surface area is 167 Å². The topological polar surface area (TPSA) is 53.0 Å². The van der Waals surface area contributed by atoms with Gasteiger partial charge < -0.3 is 19.9 Å². The van der Waals surface area contributed by atoms with E-state index in [4.69, 9.17) is 11.6 Å². The van der Waals surface area contributed by atoms with Gasteiger partial charge in [-0.1, -0.05) is 17.7 Å². The monoisotopic (exact) mass is 409 g/mol. The molecule has 0 spiro atoms. The summed E-state index contributed by atoms with van der Waals surface area (Å²) < 4.78 is 29.8. The van der Waals surface area contributed by atoms with Crippen LogP contribution in [0.1, 0.15) is 5.56 Å². The van der Waals surface area contributed by atoms with Crippen molar-refractivity contribution in [3.63, 3.8) is 0 Å². The molecular weight excluding hydrogens is 388 g/mol. The molecule has 1 aromatic heterocycles. The lowest BCUT2D eigenvalue weighted by Crippen LogP contribution is -2.52. The Morgan fingerprint density at radius 1 is 1.25 bits per heavy atom. The molecule has 0 atom stereocenters. The van der Waals surface area contributed by atoms with Gasteiger partial charge in [0, 0.05) is 56.6 Å². The lowest BCUT2D eigenvalue weighted by molar-refractivity contribution is -0.0504. The van der Waals surface area contributed by atoms with Crippen LogP contribution in [0.5, 0.6) is 5.75 Å². The summed E-state index contributed by atoms with van der Waals surface area (Å²) in [6.07, 6.45) is 1.78. The Bertz CT molecular complexity index is 798. The molecule has 1 aromatic carbocycles. The van der Waals surface area contributed by atoms with Crippen molar-refractivity contribution in [3.8, 4) is 5.75 Å². The van der Waals surface area contributed by atoms with E-state index >= 15 is 0 Å². The number of anilines is 1. The number of benzene rings is 1. The van der Waals surface area contributed by atoms with Crippen LogP contribution in [0.3, 0.4) is 0 Å². The van der Waals surface area contributed by atoms with E-state index in [0.29, 0.717) is 16.5 Å². The first kappa shape index (κ1) is 20.1. The van der Waals surface area contributed by atoms with Crippen molar-refractivity contribution in [2.24, 2.45) is 4.99 Å². The highest BCUT2D eigenvalue weighted by atomic mass is 35.5. The third kappa shape index (κ3) is 5.22. The maximum absolute atomic E-state index is 12.6. The van der Waals surface area contributed by atoms with Crippen LogP contribution in [0, 0.1) is 0 Å². The molecule has 0 amide bonds. The molecule has 9 heteroatoms. The van der Waals surface area contributed by atoms with Crippen molar-refractivity contribution in [2.45, 2.75) is 13.2 Å². The van der Waals surface area contributed by atoms with Gasteiger partial charge in [0.25, 0.3) is 0 Å². The fourth-order valence-corrected chi connectivity index (χ4v) is 3.29. The summed E-state index contributed by atoms with van der Waals surface area (Å²) in [7, 11) is 1.70. The quantitative estimate of drug-likeness (QED) is 0.607. The second kappa shape index (κ2) is 9.54. The molecule has 28 heavy (non-hydrogen) atoms. The van der Waals surface area contributed by atoms with Gasteiger partial charge in [-0.05, 0) is 30.3 Å². The Kier molecular flexibility index (Phi) is 6.86. The first-order valence-electron chi connectivity index (χ1n) is 8.91. The second-order valence-electron chi connectivity index (χ2n) is 6.19. The highest BCUT2D eigenvalue weighted by Crippen LogP contribution is 2.24. The number of ether oxygens (including phenoxy) is 1. The summed E-state index contributed by atoms with van der Waals surface area (Å²) in [5.74, 6) is 1.75. The van der Waals surface area contributed by atoms with Gasteiger partial charge >= 0.3 is 6.61 Å². The Balaban J connectivity index is 1.59. The molecule has 1 aliphatic rings. The summed E-state index contributed by atoms with van der Waals surface area (Å²) in [6, 6.07) is 10.4. The molecule has 0 unspecified atom stereocenters. The van der Waals surface area contributed by atoms with E-state index < -0.39 is 6.61 Å². The number of nitrogens with zero attached hydrogens (tertiary/aromatic N) is 4.